The monoisotopic (exact) mass is 400 g/mol. The van der Waals surface area contributed by atoms with Crippen LogP contribution >= 0.6 is 11.6 Å². The van der Waals surface area contributed by atoms with E-state index >= 15 is 0 Å². The zero-order valence-electron chi connectivity index (χ0n) is 15.9. The van der Waals surface area contributed by atoms with Gasteiger partial charge in [0.1, 0.15) is 0 Å². The lowest BCUT2D eigenvalue weighted by molar-refractivity contribution is -0.171. The Morgan fingerprint density at radius 3 is 2.48 bits per heavy atom. The van der Waals surface area contributed by atoms with Gasteiger partial charge < -0.3 is 14.8 Å². The van der Waals surface area contributed by atoms with Gasteiger partial charge in [-0.3, -0.25) is 14.9 Å². The van der Waals surface area contributed by atoms with E-state index in [0.717, 1.165) is 32.1 Å². The molecule has 27 heavy (non-hydrogen) atoms. The molecule has 4 fully saturated rings. The third kappa shape index (κ3) is 4.93. The second kappa shape index (κ2) is 8.35. The number of rotatable bonds is 8. The summed E-state index contributed by atoms with van der Waals surface area (Å²) in [6.45, 7) is 3.04. The van der Waals surface area contributed by atoms with Crippen LogP contribution in [0.5, 0.6) is 0 Å². The Morgan fingerprint density at radius 2 is 1.85 bits per heavy atom. The van der Waals surface area contributed by atoms with Crippen LogP contribution in [0.4, 0.5) is 4.79 Å². The third-order valence-electron chi connectivity index (χ3n) is 5.97. The van der Waals surface area contributed by atoms with E-state index in [9.17, 15) is 14.4 Å². The van der Waals surface area contributed by atoms with Crippen LogP contribution in [0.25, 0.3) is 0 Å². The predicted molar refractivity (Wildman–Crippen MR) is 99.3 cm³/mol. The molecule has 2 atom stereocenters. The van der Waals surface area contributed by atoms with Gasteiger partial charge in [-0.05, 0) is 63.7 Å². The first-order valence-electron chi connectivity index (χ1n) is 9.86. The molecule has 3 amide bonds. The Bertz CT molecular complexity index is 583. The Hall–Kier alpha value is -1.34. The van der Waals surface area contributed by atoms with Gasteiger partial charge in [0.15, 0.2) is 6.61 Å². The molecule has 0 aromatic rings. The smallest absolute Gasteiger partial charge is 0.321 e. The van der Waals surface area contributed by atoms with E-state index in [-0.39, 0.29) is 10.8 Å². The van der Waals surface area contributed by atoms with Crippen LogP contribution in [0.2, 0.25) is 0 Å². The van der Waals surface area contributed by atoms with E-state index < -0.39 is 24.0 Å². The van der Waals surface area contributed by atoms with E-state index in [4.69, 9.17) is 21.1 Å². The molecule has 0 aromatic carbocycles. The first kappa shape index (κ1) is 20.4. The molecule has 4 aliphatic carbocycles. The molecule has 0 saturated heterocycles. The lowest BCUT2D eigenvalue weighted by Crippen LogP contribution is -2.56. The summed E-state index contributed by atoms with van der Waals surface area (Å²) in [4.78, 5) is 36.0. The lowest BCUT2D eigenvalue weighted by atomic mass is 9.49. The SMILES string of the molecule is CCOCCCNC(=O)NC(=O)COC(=O)C12C[C@@H]3C[C@H](CC(Cl)(C3)C1)C2. The number of nitrogens with one attached hydrogen (secondary N) is 2. The molecule has 2 N–H and O–H groups in total. The molecule has 4 aliphatic rings. The third-order valence-corrected chi connectivity index (χ3v) is 6.41. The van der Waals surface area contributed by atoms with E-state index in [1.807, 2.05) is 6.92 Å². The molecule has 152 valence electrons. The van der Waals surface area contributed by atoms with Gasteiger partial charge in [0.25, 0.3) is 5.91 Å². The number of imide groups is 1. The van der Waals surface area contributed by atoms with Gasteiger partial charge in [0, 0.05) is 24.6 Å². The van der Waals surface area contributed by atoms with Crippen LogP contribution < -0.4 is 10.6 Å². The number of hydrogen-bond acceptors (Lipinski definition) is 5. The van der Waals surface area contributed by atoms with Crippen LogP contribution in [0.15, 0.2) is 0 Å². The van der Waals surface area contributed by atoms with E-state index in [2.05, 4.69) is 10.6 Å². The Morgan fingerprint density at radius 1 is 1.15 bits per heavy atom. The summed E-state index contributed by atoms with van der Waals surface area (Å²) in [6.07, 6.45) is 6.00. The Kier molecular flexibility index (Phi) is 6.31. The standard InChI is InChI=1S/C19H29ClN2O5/c1-2-26-5-3-4-21-17(25)22-15(23)11-27-16(24)18-7-13-6-14(8-18)10-19(20,9-13)12-18/h13-14H,2-12H2,1H3,(H2,21,22,23,25)/t13-,14-,18?,19?/m0/s1. The summed E-state index contributed by atoms with van der Waals surface area (Å²) >= 11 is 6.73. The molecule has 4 saturated carbocycles. The Labute approximate surface area is 164 Å². The number of carbonyl (C=O) groups is 3. The van der Waals surface area contributed by atoms with Crippen molar-refractivity contribution in [3.05, 3.63) is 0 Å². The number of esters is 1. The number of ether oxygens (including phenoxy) is 2. The largest absolute Gasteiger partial charge is 0.455 e. The molecule has 0 unspecified atom stereocenters. The summed E-state index contributed by atoms with van der Waals surface area (Å²) < 4.78 is 10.4. The van der Waals surface area contributed by atoms with Gasteiger partial charge in [-0.25, -0.2) is 4.79 Å². The molecule has 7 nitrogen and oxygen atoms in total. The Balaban J connectivity index is 1.40. The summed E-state index contributed by atoms with van der Waals surface area (Å²) in [7, 11) is 0. The normalized spacial score (nSPS) is 33.6. The van der Waals surface area contributed by atoms with E-state index in [0.29, 0.717) is 44.4 Å². The fraction of sp³-hybridized carbons (Fsp3) is 0.842. The number of urea groups is 1. The molecular weight excluding hydrogens is 372 g/mol. The van der Waals surface area contributed by atoms with Gasteiger partial charge in [-0.15, -0.1) is 11.6 Å². The van der Waals surface area contributed by atoms with E-state index in [1.165, 1.54) is 0 Å². The first-order chi connectivity index (χ1) is 12.8. The van der Waals surface area contributed by atoms with Gasteiger partial charge in [0.2, 0.25) is 0 Å². The fourth-order valence-electron chi connectivity index (χ4n) is 5.40. The minimum absolute atomic E-state index is 0.285. The molecule has 4 bridgehead atoms. The van der Waals surface area contributed by atoms with E-state index in [1.54, 1.807) is 0 Å². The van der Waals surface area contributed by atoms with Crippen molar-refractivity contribution in [2.75, 3.05) is 26.4 Å². The highest BCUT2D eigenvalue weighted by molar-refractivity contribution is 6.24. The first-order valence-corrected chi connectivity index (χ1v) is 10.2. The molecule has 4 rings (SSSR count). The van der Waals surface area contributed by atoms with Crippen LogP contribution in [0.3, 0.4) is 0 Å². The van der Waals surface area contributed by atoms with Crippen LogP contribution in [0, 0.1) is 17.3 Å². The molecule has 8 heteroatoms. The number of alkyl halides is 1. The molecule has 0 heterocycles. The summed E-state index contributed by atoms with van der Waals surface area (Å²) in [5.74, 6) is -0.00921. The van der Waals surface area contributed by atoms with Crippen LogP contribution in [-0.2, 0) is 19.1 Å². The molecule has 0 aliphatic heterocycles. The van der Waals surface area contributed by atoms with Gasteiger partial charge in [0.05, 0.1) is 5.41 Å². The van der Waals surface area contributed by atoms with Crippen molar-refractivity contribution >= 4 is 29.5 Å². The van der Waals surface area contributed by atoms with Crippen molar-refractivity contribution in [3.8, 4) is 0 Å². The van der Waals surface area contributed by atoms with Crippen LogP contribution in [-0.4, -0.2) is 49.1 Å². The lowest BCUT2D eigenvalue weighted by Gasteiger charge is -2.58. The van der Waals surface area contributed by atoms with Gasteiger partial charge in [-0.1, -0.05) is 0 Å². The average molecular weight is 401 g/mol. The maximum Gasteiger partial charge on any atom is 0.321 e. The average Bonchev–Trinajstić information content (AvgIpc) is 2.57. The van der Waals surface area contributed by atoms with Crippen molar-refractivity contribution < 1.29 is 23.9 Å². The fourth-order valence-corrected chi connectivity index (χ4v) is 6.09. The molecular formula is C19H29ClN2O5. The summed E-state index contributed by atoms with van der Waals surface area (Å²) in [6, 6.07) is -0.595. The number of halogens is 1. The summed E-state index contributed by atoms with van der Waals surface area (Å²) in [5.41, 5.74) is -0.548. The minimum atomic E-state index is -0.629. The molecule has 0 spiro atoms. The van der Waals surface area contributed by atoms with Crippen molar-refractivity contribution in [2.45, 2.75) is 56.7 Å². The highest BCUT2D eigenvalue weighted by Crippen LogP contribution is 2.64. The van der Waals surface area contributed by atoms with Gasteiger partial charge in [-0.2, -0.15) is 0 Å². The quantitative estimate of drug-likeness (QED) is 0.370. The second-order valence-corrected chi connectivity index (χ2v) is 9.12. The topological polar surface area (TPSA) is 93.7 Å². The maximum absolute atomic E-state index is 12.7. The zero-order valence-corrected chi connectivity index (χ0v) is 16.6. The highest BCUT2D eigenvalue weighted by Gasteiger charge is 2.60. The highest BCUT2D eigenvalue weighted by atomic mass is 35.5. The van der Waals surface area contributed by atoms with Crippen molar-refractivity contribution in [3.63, 3.8) is 0 Å². The molecule has 0 aromatic heterocycles. The minimum Gasteiger partial charge on any atom is -0.455 e. The van der Waals surface area contributed by atoms with Gasteiger partial charge >= 0.3 is 12.0 Å². The number of amides is 3. The van der Waals surface area contributed by atoms with Crippen molar-refractivity contribution in [1.29, 1.82) is 0 Å². The summed E-state index contributed by atoms with van der Waals surface area (Å²) in [5, 5.41) is 4.74. The zero-order chi connectivity index (χ0) is 19.5. The number of carbonyl (C=O) groups excluding carboxylic acids is 3. The predicted octanol–water partition coefficient (Wildman–Crippen LogP) is 2.36. The van der Waals surface area contributed by atoms with Crippen molar-refractivity contribution in [2.24, 2.45) is 17.3 Å². The van der Waals surface area contributed by atoms with Crippen molar-refractivity contribution in [1.82, 2.24) is 10.6 Å². The maximum atomic E-state index is 12.7. The molecule has 0 radical (unpaired) electrons. The number of hydrogen-bond donors (Lipinski definition) is 2. The second-order valence-electron chi connectivity index (χ2n) is 8.32. The van der Waals surface area contributed by atoms with Crippen LogP contribution in [0.1, 0.15) is 51.9 Å².